The molecular formula is C19H18N2O3S2. The number of thiazole rings is 1. The molecule has 0 N–H and O–H groups in total. The molecule has 5 nitrogen and oxygen atoms in total. The first-order valence-corrected chi connectivity index (χ1v) is 10.2. The number of likely N-dealkylation sites (tertiary alicyclic amines) is 1. The van der Waals surface area contributed by atoms with Crippen molar-refractivity contribution in [2.45, 2.75) is 25.9 Å². The number of para-hydroxylation sites is 1. The van der Waals surface area contributed by atoms with E-state index < -0.39 is 12.1 Å². The monoisotopic (exact) mass is 386 g/mol. The fraction of sp³-hybridized carbons (Fsp3) is 0.316. The fourth-order valence-electron chi connectivity index (χ4n) is 3.00. The summed E-state index contributed by atoms with van der Waals surface area (Å²) in [5.41, 5.74) is 0.954. The minimum absolute atomic E-state index is 0.112. The van der Waals surface area contributed by atoms with Crippen LogP contribution in [0.5, 0.6) is 0 Å². The van der Waals surface area contributed by atoms with Crippen LogP contribution in [-0.4, -0.2) is 41.0 Å². The standard InChI is InChI=1S/C19H18N2O3S2/c1-12(18(22)21-10-4-5-11-21)24-19(23)16-9-8-15(25-16)17-20-13-6-2-3-7-14(13)26-17/h2-3,6-9,12H,4-5,10-11H2,1H3. The molecule has 4 rings (SSSR count). The Morgan fingerprint density at radius 3 is 2.65 bits per heavy atom. The maximum absolute atomic E-state index is 12.4. The lowest BCUT2D eigenvalue weighted by Crippen LogP contribution is -2.38. The van der Waals surface area contributed by atoms with Crippen LogP contribution in [0.25, 0.3) is 20.1 Å². The molecule has 134 valence electrons. The molecule has 1 aromatic carbocycles. The molecule has 2 aromatic heterocycles. The molecule has 3 heterocycles. The van der Waals surface area contributed by atoms with Crippen LogP contribution in [0.3, 0.4) is 0 Å². The molecule has 26 heavy (non-hydrogen) atoms. The highest BCUT2D eigenvalue weighted by Gasteiger charge is 2.26. The van der Waals surface area contributed by atoms with Gasteiger partial charge in [0.25, 0.3) is 5.91 Å². The van der Waals surface area contributed by atoms with E-state index in [0.717, 1.165) is 46.0 Å². The van der Waals surface area contributed by atoms with Crippen molar-refractivity contribution in [3.8, 4) is 9.88 Å². The first-order chi connectivity index (χ1) is 12.6. The summed E-state index contributed by atoms with van der Waals surface area (Å²) in [5, 5.41) is 0.886. The van der Waals surface area contributed by atoms with E-state index in [1.54, 1.807) is 29.2 Å². The van der Waals surface area contributed by atoms with Crippen LogP contribution in [0.15, 0.2) is 36.4 Å². The average molecular weight is 386 g/mol. The molecule has 1 amide bonds. The Balaban J connectivity index is 1.46. The minimum Gasteiger partial charge on any atom is -0.448 e. The normalized spacial score (nSPS) is 15.3. The molecule has 0 aliphatic carbocycles. The van der Waals surface area contributed by atoms with Gasteiger partial charge in [0.1, 0.15) is 9.88 Å². The van der Waals surface area contributed by atoms with Crippen LogP contribution in [0.2, 0.25) is 0 Å². The second-order valence-electron chi connectivity index (χ2n) is 6.23. The fourth-order valence-corrected chi connectivity index (χ4v) is 4.91. The minimum atomic E-state index is -0.756. The number of nitrogens with zero attached hydrogens (tertiary/aromatic N) is 2. The Bertz CT molecular complexity index is 924. The van der Waals surface area contributed by atoms with Gasteiger partial charge in [-0.3, -0.25) is 4.79 Å². The molecule has 3 aromatic rings. The Hall–Kier alpha value is -2.25. The number of hydrogen-bond acceptors (Lipinski definition) is 6. The highest BCUT2D eigenvalue weighted by atomic mass is 32.1. The highest BCUT2D eigenvalue weighted by Crippen LogP contribution is 2.34. The number of hydrogen-bond donors (Lipinski definition) is 0. The Labute approximate surface area is 159 Å². The quantitative estimate of drug-likeness (QED) is 0.631. The molecule has 1 unspecified atom stereocenters. The van der Waals surface area contributed by atoms with E-state index in [-0.39, 0.29) is 5.91 Å². The predicted molar refractivity (Wildman–Crippen MR) is 104 cm³/mol. The predicted octanol–water partition coefficient (Wildman–Crippen LogP) is 4.19. The summed E-state index contributed by atoms with van der Waals surface area (Å²) in [6, 6.07) is 11.6. The topological polar surface area (TPSA) is 59.5 Å². The SMILES string of the molecule is CC(OC(=O)c1ccc(-c2nc3ccccc3s2)s1)C(=O)N1CCCC1. The molecular weight excluding hydrogens is 368 g/mol. The third kappa shape index (κ3) is 3.37. The average Bonchev–Trinajstić information content (AvgIpc) is 3.40. The third-order valence-electron chi connectivity index (χ3n) is 4.36. The number of carbonyl (C=O) groups excluding carboxylic acids is 2. The summed E-state index contributed by atoms with van der Waals surface area (Å²) in [4.78, 5) is 32.5. The summed E-state index contributed by atoms with van der Waals surface area (Å²) >= 11 is 2.94. The van der Waals surface area contributed by atoms with Gasteiger partial charge >= 0.3 is 5.97 Å². The lowest BCUT2D eigenvalue weighted by atomic mass is 10.3. The molecule has 1 atom stereocenters. The zero-order valence-electron chi connectivity index (χ0n) is 14.3. The van der Waals surface area contributed by atoms with E-state index in [0.29, 0.717) is 4.88 Å². The maximum atomic E-state index is 12.4. The number of carbonyl (C=O) groups is 2. The summed E-state index contributed by atoms with van der Waals surface area (Å²) in [6.07, 6.45) is 1.28. The van der Waals surface area contributed by atoms with E-state index in [4.69, 9.17) is 4.74 Å². The summed E-state index contributed by atoms with van der Waals surface area (Å²) in [7, 11) is 0. The lowest BCUT2D eigenvalue weighted by Gasteiger charge is -2.20. The number of benzene rings is 1. The lowest BCUT2D eigenvalue weighted by molar-refractivity contribution is -0.138. The number of amides is 1. The molecule has 7 heteroatoms. The Morgan fingerprint density at radius 1 is 1.12 bits per heavy atom. The van der Waals surface area contributed by atoms with Gasteiger partial charge in [0.2, 0.25) is 0 Å². The van der Waals surface area contributed by atoms with Crippen LogP contribution in [-0.2, 0) is 9.53 Å². The molecule has 0 saturated carbocycles. The first-order valence-electron chi connectivity index (χ1n) is 8.57. The first kappa shape index (κ1) is 17.2. The molecule has 1 aliphatic rings. The summed E-state index contributed by atoms with van der Waals surface area (Å²) < 4.78 is 6.50. The van der Waals surface area contributed by atoms with E-state index >= 15 is 0 Å². The van der Waals surface area contributed by atoms with Crippen molar-refractivity contribution in [3.05, 3.63) is 41.3 Å². The van der Waals surface area contributed by atoms with Gasteiger partial charge in [-0.2, -0.15) is 0 Å². The van der Waals surface area contributed by atoms with Crippen LogP contribution in [0.4, 0.5) is 0 Å². The number of thiophene rings is 1. The number of ether oxygens (including phenoxy) is 1. The van der Waals surface area contributed by atoms with Gasteiger partial charge in [-0.15, -0.1) is 22.7 Å². The van der Waals surface area contributed by atoms with Crippen LogP contribution >= 0.6 is 22.7 Å². The van der Waals surface area contributed by atoms with Gasteiger partial charge in [0.05, 0.1) is 15.1 Å². The smallest absolute Gasteiger partial charge is 0.349 e. The molecule has 0 radical (unpaired) electrons. The van der Waals surface area contributed by atoms with Crippen molar-refractivity contribution >= 4 is 44.8 Å². The Morgan fingerprint density at radius 2 is 1.88 bits per heavy atom. The molecule has 1 aliphatic heterocycles. The van der Waals surface area contributed by atoms with Gasteiger partial charge in [0.15, 0.2) is 6.10 Å². The van der Waals surface area contributed by atoms with Crippen molar-refractivity contribution in [2.24, 2.45) is 0 Å². The highest BCUT2D eigenvalue weighted by molar-refractivity contribution is 7.26. The van der Waals surface area contributed by atoms with Gasteiger partial charge in [-0.25, -0.2) is 9.78 Å². The number of rotatable bonds is 4. The number of fused-ring (bicyclic) bond motifs is 1. The van der Waals surface area contributed by atoms with Gasteiger partial charge < -0.3 is 9.64 Å². The van der Waals surface area contributed by atoms with Gasteiger partial charge in [-0.05, 0) is 44.0 Å². The van der Waals surface area contributed by atoms with Crippen molar-refractivity contribution in [3.63, 3.8) is 0 Å². The number of esters is 1. The van der Waals surface area contributed by atoms with Crippen molar-refractivity contribution in [1.29, 1.82) is 0 Å². The largest absolute Gasteiger partial charge is 0.448 e. The van der Waals surface area contributed by atoms with E-state index in [1.165, 1.54) is 11.3 Å². The maximum Gasteiger partial charge on any atom is 0.349 e. The van der Waals surface area contributed by atoms with Crippen molar-refractivity contribution < 1.29 is 14.3 Å². The van der Waals surface area contributed by atoms with Crippen molar-refractivity contribution in [1.82, 2.24) is 9.88 Å². The summed E-state index contributed by atoms with van der Waals surface area (Å²) in [5.74, 6) is -0.568. The van der Waals surface area contributed by atoms with Crippen LogP contribution in [0, 0.1) is 0 Å². The van der Waals surface area contributed by atoms with E-state index in [9.17, 15) is 9.59 Å². The third-order valence-corrected chi connectivity index (χ3v) is 6.63. The second kappa shape index (κ2) is 7.17. The zero-order valence-corrected chi connectivity index (χ0v) is 15.9. The van der Waals surface area contributed by atoms with Crippen molar-refractivity contribution in [2.75, 3.05) is 13.1 Å². The van der Waals surface area contributed by atoms with Crippen LogP contribution in [0.1, 0.15) is 29.4 Å². The Kier molecular flexibility index (Phi) is 4.74. The molecule has 0 spiro atoms. The number of aromatic nitrogens is 1. The molecule has 1 fully saturated rings. The van der Waals surface area contributed by atoms with E-state index in [2.05, 4.69) is 4.98 Å². The summed E-state index contributed by atoms with van der Waals surface area (Å²) in [6.45, 7) is 3.14. The molecule has 1 saturated heterocycles. The molecule has 0 bridgehead atoms. The van der Waals surface area contributed by atoms with Gasteiger partial charge in [-0.1, -0.05) is 12.1 Å². The van der Waals surface area contributed by atoms with Gasteiger partial charge in [0, 0.05) is 13.1 Å². The second-order valence-corrected chi connectivity index (χ2v) is 8.34. The zero-order chi connectivity index (χ0) is 18.1. The van der Waals surface area contributed by atoms with E-state index in [1.807, 2.05) is 30.3 Å². The van der Waals surface area contributed by atoms with Crippen LogP contribution < -0.4 is 0 Å².